The number of hydrogen-bond donors (Lipinski definition) is 1. The second-order valence-corrected chi connectivity index (χ2v) is 6.37. The van der Waals surface area contributed by atoms with Gasteiger partial charge in [0.2, 0.25) is 0 Å². The zero-order chi connectivity index (χ0) is 12.8. The lowest BCUT2D eigenvalue weighted by atomic mass is 9.62. The number of rotatable bonds is 1. The number of fused-ring (bicyclic) bond motifs is 1. The van der Waals surface area contributed by atoms with E-state index in [0.29, 0.717) is 0 Å². The zero-order valence-electron chi connectivity index (χ0n) is 11.3. The first kappa shape index (κ1) is 12.0. The van der Waals surface area contributed by atoms with E-state index in [0.717, 1.165) is 43.6 Å². The molecule has 3 rings (SSSR count). The molecule has 1 heterocycles. The van der Waals surface area contributed by atoms with E-state index in [1.54, 1.807) is 0 Å². The average Bonchev–Trinajstić information content (AvgIpc) is 2.80. The molecule has 1 unspecified atom stereocenters. The molecule has 1 saturated carbocycles. The second-order valence-electron chi connectivity index (χ2n) is 6.37. The minimum Gasteiger partial charge on any atom is -0.493 e. The Balaban J connectivity index is 2.02. The van der Waals surface area contributed by atoms with Gasteiger partial charge in [0.25, 0.3) is 0 Å². The molecule has 2 aliphatic rings. The normalized spacial score (nSPS) is 29.7. The molecule has 0 spiro atoms. The van der Waals surface area contributed by atoms with Gasteiger partial charge in [0, 0.05) is 6.42 Å². The molecule has 2 heteroatoms. The Labute approximate surface area is 109 Å². The number of ether oxygens (including phenoxy) is 1. The quantitative estimate of drug-likeness (QED) is 0.823. The van der Waals surface area contributed by atoms with Gasteiger partial charge in [0.05, 0.1) is 12.2 Å². The second kappa shape index (κ2) is 3.99. The van der Waals surface area contributed by atoms with Gasteiger partial charge >= 0.3 is 0 Å². The van der Waals surface area contributed by atoms with Crippen LogP contribution in [0.2, 0.25) is 0 Å². The Morgan fingerprint density at radius 2 is 1.94 bits per heavy atom. The molecule has 0 amide bonds. The molecule has 0 radical (unpaired) electrons. The van der Waals surface area contributed by atoms with Crippen LogP contribution in [0.5, 0.6) is 5.75 Å². The average molecular weight is 246 g/mol. The van der Waals surface area contributed by atoms with E-state index in [2.05, 4.69) is 26.0 Å². The Kier molecular flexibility index (Phi) is 2.67. The summed E-state index contributed by atoms with van der Waals surface area (Å²) in [4.78, 5) is 0. The minimum absolute atomic E-state index is 0.0427. The smallest absolute Gasteiger partial charge is 0.122 e. The third kappa shape index (κ3) is 1.66. The van der Waals surface area contributed by atoms with Crippen LogP contribution in [0.3, 0.4) is 0 Å². The van der Waals surface area contributed by atoms with Gasteiger partial charge in [-0.05, 0) is 41.5 Å². The first-order valence-corrected chi connectivity index (χ1v) is 7.02. The van der Waals surface area contributed by atoms with Crippen LogP contribution in [0, 0.1) is 5.41 Å². The van der Waals surface area contributed by atoms with Crippen molar-refractivity contribution >= 4 is 0 Å². The van der Waals surface area contributed by atoms with Crippen LogP contribution in [0.15, 0.2) is 18.2 Å². The van der Waals surface area contributed by atoms with Gasteiger partial charge in [-0.15, -0.1) is 0 Å². The number of aliphatic hydroxyl groups is 1. The summed E-state index contributed by atoms with van der Waals surface area (Å²) in [6.07, 6.45) is 5.29. The summed E-state index contributed by atoms with van der Waals surface area (Å²) in [5.74, 6) is 0.996. The minimum atomic E-state index is -0.678. The molecule has 2 nitrogen and oxygen atoms in total. The maximum absolute atomic E-state index is 11.2. The monoisotopic (exact) mass is 246 g/mol. The van der Waals surface area contributed by atoms with Crippen LogP contribution in [-0.2, 0) is 12.0 Å². The Morgan fingerprint density at radius 1 is 1.17 bits per heavy atom. The van der Waals surface area contributed by atoms with Crippen molar-refractivity contribution in [3.8, 4) is 5.75 Å². The lowest BCUT2D eigenvalue weighted by Gasteiger charge is -2.47. The van der Waals surface area contributed by atoms with Crippen LogP contribution in [0.25, 0.3) is 0 Å². The molecule has 0 bridgehead atoms. The van der Waals surface area contributed by atoms with E-state index >= 15 is 0 Å². The topological polar surface area (TPSA) is 29.5 Å². The molecule has 1 aliphatic heterocycles. The molecule has 1 aromatic rings. The van der Waals surface area contributed by atoms with E-state index in [1.807, 2.05) is 6.07 Å². The van der Waals surface area contributed by atoms with Crippen molar-refractivity contribution in [1.82, 2.24) is 0 Å². The van der Waals surface area contributed by atoms with Gasteiger partial charge in [-0.1, -0.05) is 32.8 Å². The number of hydrogen-bond acceptors (Lipinski definition) is 2. The van der Waals surface area contributed by atoms with Gasteiger partial charge in [0.15, 0.2) is 0 Å². The van der Waals surface area contributed by atoms with Crippen LogP contribution >= 0.6 is 0 Å². The summed E-state index contributed by atoms with van der Waals surface area (Å²) >= 11 is 0. The lowest BCUT2D eigenvalue weighted by molar-refractivity contribution is -0.103. The zero-order valence-corrected chi connectivity index (χ0v) is 11.3. The fraction of sp³-hybridized carbons (Fsp3) is 0.625. The lowest BCUT2D eigenvalue weighted by Crippen LogP contribution is -2.44. The largest absolute Gasteiger partial charge is 0.493 e. The Hall–Kier alpha value is -1.02. The third-order valence-electron chi connectivity index (χ3n) is 4.88. The van der Waals surface area contributed by atoms with Crippen molar-refractivity contribution in [2.45, 2.75) is 51.6 Å². The summed E-state index contributed by atoms with van der Waals surface area (Å²) in [5, 5.41) is 11.2. The maximum Gasteiger partial charge on any atom is 0.122 e. The molecule has 98 valence electrons. The summed E-state index contributed by atoms with van der Waals surface area (Å²) in [6.45, 7) is 5.16. The summed E-state index contributed by atoms with van der Waals surface area (Å²) in [6, 6.07) is 6.24. The highest BCUT2D eigenvalue weighted by atomic mass is 16.5. The molecule has 0 aromatic heterocycles. The fourth-order valence-corrected chi connectivity index (χ4v) is 3.47. The Bertz CT molecular complexity index is 464. The molecular weight excluding hydrogens is 224 g/mol. The molecular formula is C16H22O2. The maximum atomic E-state index is 11.2. The van der Waals surface area contributed by atoms with Crippen molar-refractivity contribution in [3.63, 3.8) is 0 Å². The fourth-order valence-electron chi connectivity index (χ4n) is 3.47. The van der Waals surface area contributed by atoms with Crippen LogP contribution < -0.4 is 4.74 Å². The van der Waals surface area contributed by atoms with E-state index in [4.69, 9.17) is 4.74 Å². The molecule has 1 aromatic carbocycles. The molecule has 18 heavy (non-hydrogen) atoms. The predicted molar refractivity (Wildman–Crippen MR) is 71.8 cm³/mol. The molecule has 1 aliphatic carbocycles. The van der Waals surface area contributed by atoms with Crippen LogP contribution in [-0.4, -0.2) is 11.7 Å². The summed E-state index contributed by atoms with van der Waals surface area (Å²) in [5.41, 5.74) is 1.61. The van der Waals surface area contributed by atoms with Crippen LogP contribution in [0.4, 0.5) is 0 Å². The summed E-state index contributed by atoms with van der Waals surface area (Å²) < 4.78 is 5.54. The van der Waals surface area contributed by atoms with E-state index in [9.17, 15) is 5.11 Å². The highest BCUT2D eigenvalue weighted by Crippen LogP contribution is 2.50. The van der Waals surface area contributed by atoms with Crippen molar-refractivity contribution in [2.75, 3.05) is 6.61 Å². The molecule has 0 saturated heterocycles. The van der Waals surface area contributed by atoms with Crippen LogP contribution in [0.1, 0.15) is 50.7 Å². The van der Waals surface area contributed by atoms with Gasteiger partial charge < -0.3 is 9.84 Å². The summed E-state index contributed by atoms with van der Waals surface area (Å²) in [7, 11) is 0. The number of benzene rings is 1. The van der Waals surface area contributed by atoms with Gasteiger partial charge in [0.1, 0.15) is 5.75 Å². The first-order chi connectivity index (χ1) is 8.53. The Morgan fingerprint density at radius 3 is 2.72 bits per heavy atom. The predicted octanol–water partition coefficient (Wildman–Crippen LogP) is 3.41. The standard InChI is InChI=1S/C16H22O2/c1-15(2)8-3-4-9-16(15,17)13-5-6-14-12(11-13)7-10-18-14/h5-6,11,17H,3-4,7-10H2,1-2H3. The van der Waals surface area contributed by atoms with E-state index in [-0.39, 0.29) is 5.41 Å². The highest BCUT2D eigenvalue weighted by Gasteiger charge is 2.46. The first-order valence-electron chi connectivity index (χ1n) is 7.02. The van der Waals surface area contributed by atoms with Crippen molar-refractivity contribution in [3.05, 3.63) is 29.3 Å². The van der Waals surface area contributed by atoms with Gasteiger partial charge in [-0.25, -0.2) is 0 Å². The van der Waals surface area contributed by atoms with E-state index < -0.39 is 5.60 Å². The van der Waals surface area contributed by atoms with Crippen molar-refractivity contribution < 1.29 is 9.84 Å². The van der Waals surface area contributed by atoms with Crippen molar-refractivity contribution in [2.24, 2.45) is 5.41 Å². The van der Waals surface area contributed by atoms with Gasteiger partial charge in [-0.3, -0.25) is 0 Å². The molecule has 1 atom stereocenters. The highest BCUT2D eigenvalue weighted by molar-refractivity contribution is 5.42. The van der Waals surface area contributed by atoms with Crippen molar-refractivity contribution in [1.29, 1.82) is 0 Å². The molecule has 1 N–H and O–H groups in total. The third-order valence-corrected chi connectivity index (χ3v) is 4.88. The SMILES string of the molecule is CC1(C)CCCCC1(O)c1ccc2c(c1)CCO2. The van der Waals surface area contributed by atoms with Gasteiger partial charge in [-0.2, -0.15) is 0 Å². The van der Waals surface area contributed by atoms with E-state index in [1.165, 1.54) is 12.0 Å². The molecule has 1 fully saturated rings.